The van der Waals surface area contributed by atoms with E-state index in [2.05, 4.69) is 23.8 Å². The van der Waals surface area contributed by atoms with Crippen molar-refractivity contribution >= 4 is 5.97 Å². The van der Waals surface area contributed by atoms with Gasteiger partial charge in [-0.15, -0.1) is 0 Å². The predicted molar refractivity (Wildman–Crippen MR) is 79.8 cm³/mol. The van der Waals surface area contributed by atoms with Gasteiger partial charge in [-0.3, -0.25) is 4.98 Å². The molecular weight excluding hydrogens is 252 g/mol. The maximum Gasteiger partial charge on any atom is 0.358 e. The third-order valence-electron chi connectivity index (χ3n) is 3.64. The molecule has 1 atom stereocenters. The standard InChI is InChI=1S/C16H26N2O2/c1-4-6-7-8-9-10-13(5-2)14-15(16(19)20-3)18-12-11-17-14/h11-13H,4-10H2,1-3H3. The van der Waals surface area contributed by atoms with Gasteiger partial charge in [0.1, 0.15) is 0 Å². The Bertz CT molecular complexity index is 407. The molecule has 0 aliphatic carbocycles. The van der Waals surface area contributed by atoms with Crippen LogP contribution in [-0.4, -0.2) is 23.0 Å². The van der Waals surface area contributed by atoms with E-state index in [4.69, 9.17) is 4.74 Å². The molecule has 1 aromatic heterocycles. The summed E-state index contributed by atoms with van der Waals surface area (Å²) in [6, 6.07) is 0. The predicted octanol–water partition coefficient (Wildman–Crippen LogP) is 4.12. The zero-order valence-electron chi connectivity index (χ0n) is 12.9. The zero-order chi connectivity index (χ0) is 14.8. The second-order valence-electron chi connectivity index (χ2n) is 5.09. The van der Waals surface area contributed by atoms with Gasteiger partial charge < -0.3 is 4.74 Å². The molecule has 0 radical (unpaired) electrons. The van der Waals surface area contributed by atoms with E-state index < -0.39 is 5.97 Å². The van der Waals surface area contributed by atoms with Gasteiger partial charge in [0, 0.05) is 18.3 Å². The molecule has 1 heterocycles. The highest BCUT2D eigenvalue weighted by Crippen LogP contribution is 2.26. The molecule has 1 unspecified atom stereocenters. The molecule has 0 aromatic carbocycles. The molecule has 0 bridgehead atoms. The van der Waals surface area contributed by atoms with E-state index in [0.717, 1.165) is 18.5 Å². The number of aromatic nitrogens is 2. The minimum atomic E-state index is -0.391. The molecule has 0 aliphatic rings. The van der Waals surface area contributed by atoms with Crippen LogP contribution < -0.4 is 0 Å². The smallest absolute Gasteiger partial charge is 0.358 e. The van der Waals surface area contributed by atoms with Crippen molar-refractivity contribution in [3.63, 3.8) is 0 Å². The van der Waals surface area contributed by atoms with Crippen molar-refractivity contribution in [3.05, 3.63) is 23.8 Å². The van der Waals surface area contributed by atoms with E-state index in [-0.39, 0.29) is 0 Å². The summed E-state index contributed by atoms with van der Waals surface area (Å²) in [5, 5.41) is 0. The van der Waals surface area contributed by atoms with Gasteiger partial charge >= 0.3 is 5.97 Å². The van der Waals surface area contributed by atoms with Crippen molar-refractivity contribution in [1.82, 2.24) is 9.97 Å². The summed E-state index contributed by atoms with van der Waals surface area (Å²) in [4.78, 5) is 20.3. The fourth-order valence-corrected chi connectivity index (χ4v) is 2.43. The highest BCUT2D eigenvalue weighted by atomic mass is 16.5. The average molecular weight is 278 g/mol. The van der Waals surface area contributed by atoms with Gasteiger partial charge in [0.2, 0.25) is 0 Å². The van der Waals surface area contributed by atoms with E-state index in [0.29, 0.717) is 11.6 Å². The molecule has 1 aromatic rings. The van der Waals surface area contributed by atoms with Gasteiger partial charge in [-0.25, -0.2) is 9.78 Å². The Balaban J connectivity index is 2.67. The molecule has 112 valence electrons. The fraction of sp³-hybridized carbons (Fsp3) is 0.688. The molecule has 4 heteroatoms. The second kappa shape index (κ2) is 9.45. The number of carbonyl (C=O) groups is 1. The highest BCUT2D eigenvalue weighted by molar-refractivity contribution is 5.88. The maximum absolute atomic E-state index is 11.7. The van der Waals surface area contributed by atoms with Crippen molar-refractivity contribution < 1.29 is 9.53 Å². The second-order valence-corrected chi connectivity index (χ2v) is 5.09. The number of ether oxygens (including phenoxy) is 1. The third kappa shape index (κ3) is 4.91. The molecular formula is C16H26N2O2. The van der Waals surface area contributed by atoms with Gasteiger partial charge in [0.05, 0.1) is 12.8 Å². The Morgan fingerprint density at radius 3 is 2.50 bits per heavy atom. The molecule has 0 amide bonds. The van der Waals surface area contributed by atoms with Gasteiger partial charge in [-0.2, -0.15) is 0 Å². The first kappa shape index (κ1) is 16.6. The summed E-state index contributed by atoms with van der Waals surface area (Å²) in [7, 11) is 1.38. The maximum atomic E-state index is 11.7. The number of carbonyl (C=O) groups excluding carboxylic acids is 1. The van der Waals surface area contributed by atoms with Crippen molar-refractivity contribution in [2.75, 3.05) is 7.11 Å². The van der Waals surface area contributed by atoms with E-state index in [1.165, 1.54) is 39.2 Å². The number of methoxy groups -OCH3 is 1. The molecule has 1 rings (SSSR count). The zero-order valence-corrected chi connectivity index (χ0v) is 12.9. The lowest BCUT2D eigenvalue weighted by Crippen LogP contribution is -2.13. The Morgan fingerprint density at radius 2 is 1.85 bits per heavy atom. The van der Waals surface area contributed by atoms with Crippen LogP contribution in [0, 0.1) is 0 Å². The van der Waals surface area contributed by atoms with Crippen LogP contribution in [0.5, 0.6) is 0 Å². The lowest BCUT2D eigenvalue weighted by molar-refractivity contribution is 0.0591. The minimum Gasteiger partial charge on any atom is -0.464 e. The summed E-state index contributed by atoms with van der Waals surface area (Å²) in [6.07, 6.45) is 11.5. The summed E-state index contributed by atoms with van der Waals surface area (Å²) >= 11 is 0. The van der Waals surface area contributed by atoms with Crippen LogP contribution >= 0.6 is 0 Å². The SMILES string of the molecule is CCCCCCCC(CC)c1nccnc1C(=O)OC. The molecule has 0 aliphatic heterocycles. The lowest BCUT2D eigenvalue weighted by Gasteiger charge is -2.16. The van der Waals surface area contributed by atoms with E-state index in [1.54, 1.807) is 12.4 Å². The summed E-state index contributed by atoms with van der Waals surface area (Å²) in [5.41, 5.74) is 1.16. The Hall–Kier alpha value is -1.45. The highest BCUT2D eigenvalue weighted by Gasteiger charge is 2.21. The van der Waals surface area contributed by atoms with E-state index >= 15 is 0 Å². The number of rotatable bonds is 9. The summed E-state index contributed by atoms with van der Waals surface area (Å²) in [5.74, 6) is -0.100. The monoisotopic (exact) mass is 278 g/mol. The lowest BCUT2D eigenvalue weighted by atomic mass is 9.93. The molecule has 0 spiro atoms. The normalized spacial score (nSPS) is 12.2. The third-order valence-corrected chi connectivity index (χ3v) is 3.64. The Labute approximate surface area is 122 Å². The van der Waals surface area contributed by atoms with Crippen LogP contribution in [0.1, 0.15) is 80.9 Å². The van der Waals surface area contributed by atoms with Crippen molar-refractivity contribution in [2.24, 2.45) is 0 Å². The number of hydrogen-bond acceptors (Lipinski definition) is 4. The first-order chi connectivity index (χ1) is 9.74. The minimum absolute atomic E-state index is 0.291. The number of unbranched alkanes of at least 4 members (excludes halogenated alkanes) is 4. The van der Waals surface area contributed by atoms with Crippen molar-refractivity contribution in [1.29, 1.82) is 0 Å². The molecule has 0 N–H and O–H groups in total. The first-order valence-corrected chi connectivity index (χ1v) is 7.63. The molecule has 0 saturated carbocycles. The van der Waals surface area contributed by atoms with Gasteiger partial charge in [-0.1, -0.05) is 46.0 Å². The number of esters is 1. The molecule has 0 saturated heterocycles. The number of hydrogen-bond donors (Lipinski definition) is 0. The largest absolute Gasteiger partial charge is 0.464 e. The van der Waals surface area contributed by atoms with Gasteiger partial charge in [0.25, 0.3) is 0 Å². The molecule has 4 nitrogen and oxygen atoms in total. The van der Waals surface area contributed by atoms with E-state index in [1.807, 2.05) is 0 Å². The van der Waals surface area contributed by atoms with E-state index in [9.17, 15) is 4.79 Å². The van der Waals surface area contributed by atoms with Crippen molar-refractivity contribution in [2.45, 2.75) is 64.7 Å². The topological polar surface area (TPSA) is 52.1 Å². The quantitative estimate of drug-likeness (QED) is 0.503. The van der Waals surface area contributed by atoms with Crippen LogP contribution in [0.15, 0.2) is 12.4 Å². The summed E-state index contributed by atoms with van der Waals surface area (Å²) in [6.45, 7) is 4.35. The van der Waals surface area contributed by atoms with Crippen LogP contribution in [0.3, 0.4) is 0 Å². The van der Waals surface area contributed by atoms with Crippen LogP contribution in [0.25, 0.3) is 0 Å². The fourth-order valence-electron chi connectivity index (χ4n) is 2.43. The number of nitrogens with zero attached hydrogens (tertiary/aromatic N) is 2. The summed E-state index contributed by atoms with van der Waals surface area (Å²) < 4.78 is 4.79. The van der Waals surface area contributed by atoms with Crippen molar-refractivity contribution in [3.8, 4) is 0 Å². The molecule has 0 fully saturated rings. The van der Waals surface area contributed by atoms with Crippen LogP contribution in [0.2, 0.25) is 0 Å². The van der Waals surface area contributed by atoms with Gasteiger partial charge in [0.15, 0.2) is 5.69 Å². The van der Waals surface area contributed by atoms with Gasteiger partial charge in [-0.05, 0) is 12.8 Å². The van der Waals surface area contributed by atoms with Crippen LogP contribution in [0.4, 0.5) is 0 Å². The first-order valence-electron chi connectivity index (χ1n) is 7.63. The Kier molecular flexibility index (Phi) is 7.85. The Morgan fingerprint density at radius 1 is 1.15 bits per heavy atom. The van der Waals surface area contributed by atoms with Crippen LogP contribution in [-0.2, 0) is 4.74 Å². The average Bonchev–Trinajstić information content (AvgIpc) is 2.50. The molecule has 20 heavy (non-hydrogen) atoms.